The molecule has 0 amide bonds. The zero-order valence-electron chi connectivity index (χ0n) is 11.2. The number of nitrogens with one attached hydrogen (secondary N) is 1. The number of hydrogen-bond donors (Lipinski definition) is 1. The van der Waals surface area contributed by atoms with Crippen LogP contribution in [0.4, 0.5) is 0 Å². The summed E-state index contributed by atoms with van der Waals surface area (Å²) in [5, 5.41) is 3.46. The minimum atomic E-state index is 0.358. The van der Waals surface area contributed by atoms with Crippen LogP contribution in [0, 0.1) is 0 Å². The summed E-state index contributed by atoms with van der Waals surface area (Å²) >= 11 is 0. The first kappa shape index (κ1) is 13.9. The number of piperidine rings is 1. The summed E-state index contributed by atoms with van der Waals surface area (Å²) in [4.78, 5) is 2.59. The molecule has 0 aromatic heterocycles. The Morgan fingerprint density at radius 1 is 1.38 bits per heavy atom. The number of likely N-dealkylation sites (tertiary alicyclic amines) is 1. The molecule has 1 N–H and O–H groups in total. The molecule has 0 aromatic carbocycles. The van der Waals surface area contributed by atoms with Gasteiger partial charge in [0.1, 0.15) is 0 Å². The van der Waals surface area contributed by atoms with E-state index in [1.54, 1.807) is 0 Å². The van der Waals surface area contributed by atoms with E-state index in [-0.39, 0.29) is 0 Å². The van der Waals surface area contributed by atoms with Crippen molar-refractivity contribution in [1.29, 1.82) is 0 Å². The number of hydrogen-bond acceptors (Lipinski definition) is 3. The van der Waals surface area contributed by atoms with Crippen LogP contribution >= 0.6 is 0 Å². The predicted molar refractivity (Wildman–Crippen MR) is 68.8 cm³/mol. The van der Waals surface area contributed by atoms with Crippen LogP contribution in [0.2, 0.25) is 0 Å². The van der Waals surface area contributed by atoms with Gasteiger partial charge in [-0.15, -0.1) is 0 Å². The third-order valence-electron chi connectivity index (χ3n) is 3.21. The van der Waals surface area contributed by atoms with Crippen LogP contribution in [-0.2, 0) is 4.74 Å². The quantitative estimate of drug-likeness (QED) is 0.720. The molecule has 1 saturated heterocycles. The minimum Gasteiger partial charge on any atom is -0.377 e. The molecule has 1 rings (SSSR count). The molecule has 96 valence electrons. The lowest BCUT2D eigenvalue weighted by molar-refractivity contribution is 0.0402. The maximum Gasteiger partial charge on any atom is 0.0597 e. The van der Waals surface area contributed by atoms with Gasteiger partial charge in [-0.3, -0.25) is 4.90 Å². The van der Waals surface area contributed by atoms with E-state index in [4.69, 9.17) is 4.74 Å². The van der Waals surface area contributed by atoms with E-state index in [0.29, 0.717) is 6.10 Å². The molecule has 1 fully saturated rings. The maximum atomic E-state index is 5.64. The smallest absolute Gasteiger partial charge is 0.0597 e. The van der Waals surface area contributed by atoms with Crippen molar-refractivity contribution in [2.24, 2.45) is 0 Å². The lowest BCUT2D eigenvalue weighted by Gasteiger charge is -2.35. The SMILES string of the molecule is CCNCC1CCCCN1CCOC(C)C. The highest BCUT2D eigenvalue weighted by molar-refractivity contribution is 4.78. The molecular weight excluding hydrogens is 200 g/mol. The van der Waals surface area contributed by atoms with Crippen molar-refractivity contribution < 1.29 is 4.74 Å². The molecule has 3 heteroatoms. The molecule has 1 unspecified atom stereocenters. The minimum absolute atomic E-state index is 0.358. The highest BCUT2D eigenvalue weighted by Crippen LogP contribution is 2.16. The van der Waals surface area contributed by atoms with Gasteiger partial charge >= 0.3 is 0 Å². The fourth-order valence-corrected chi connectivity index (χ4v) is 2.30. The molecule has 1 atom stereocenters. The zero-order chi connectivity index (χ0) is 11.8. The van der Waals surface area contributed by atoms with Crippen LogP contribution in [0.15, 0.2) is 0 Å². The monoisotopic (exact) mass is 228 g/mol. The highest BCUT2D eigenvalue weighted by atomic mass is 16.5. The standard InChI is InChI=1S/C13H28N2O/c1-4-14-11-13-7-5-6-8-15(13)9-10-16-12(2)3/h12-14H,4-11H2,1-3H3. The molecule has 1 aliphatic heterocycles. The van der Waals surface area contributed by atoms with Gasteiger partial charge in [0, 0.05) is 19.1 Å². The molecule has 1 aliphatic rings. The molecule has 1 heterocycles. The van der Waals surface area contributed by atoms with Gasteiger partial charge in [-0.05, 0) is 39.8 Å². The molecule has 16 heavy (non-hydrogen) atoms. The average Bonchev–Trinajstić information content (AvgIpc) is 2.27. The van der Waals surface area contributed by atoms with Crippen LogP contribution < -0.4 is 5.32 Å². The van der Waals surface area contributed by atoms with Gasteiger partial charge < -0.3 is 10.1 Å². The largest absolute Gasteiger partial charge is 0.377 e. The van der Waals surface area contributed by atoms with Gasteiger partial charge in [0.25, 0.3) is 0 Å². The van der Waals surface area contributed by atoms with Gasteiger partial charge in [-0.25, -0.2) is 0 Å². The number of rotatable bonds is 7. The number of nitrogens with zero attached hydrogens (tertiary/aromatic N) is 1. The van der Waals surface area contributed by atoms with Gasteiger partial charge in [-0.2, -0.15) is 0 Å². The van der Waals surface area contributed by atoms with E-state index in [1.807, 2.05) is 0 Å². The third-order valence-corrected chi connectivity index (χ3v) is 3.21. The van der Waals surface area contributed by atoms with Crippen LogP contribution in [0.5, 0.6) is 0 Å². The first-order valence-electron chi connectivity index (χ1n) is 6.80. The summed E-state index contributed by atoms with van der Waals surface area (Å²) < 4.78 is 5.64. The summed E-state index contributed by atoms with van der Waals surface area (Å²) in [6.07, 6.45) is 4.44. The molecule has 0 aliphatic carbocycles. The first-order valence-corrected chi connectivity index (χ1v) is 6.80. The lowest BCUT2D eigenvalue weighted by Crippen LogP contribution is -2.46. The number of likely N-dealkylation sites (N-methyl/N-ethyl adjacent to an activating group) is 1. The zero-order valence-corrected chi connectivity index (χ0v) is 11.2. The fraction of sp³-hybridized carbons (Fsp3) is 1.00. The van der Waals surface area contributed by atoms with Crippen molar-refractivity contribution in [1.82, 2.24) is 10.2 Å². The first-order chi connectivity index (χ1) is 7.74. The topological polar surface area (TPSA) is 24.5 Å². The molecule has 0 bridgehead atoms. The molecule has 0 radical (unpaired) electrons. The second-order valence-electron chi connectivity index (χ2n) is 4.91. The Hall–Kier alpha value is -0.120. The van der Waals surface area contributed by atoms with Crippen molar-refractivity contribution in [3.8, 4) is 0 Å². The lowest BCUT2D eigenvalue weighted by atomic mass is 10.0. The van der Waals surface area contributed by atoms with Crippen LogP contribution in [0.3, 0.4) is 0 Å². The van der Waals surface area contributed by atoms with E-state index in [1.165, 1.54) is 25.8 Å². The summed E-state index contributed by atoms with van der Waals surface area (Å²) in [6, 6.07) is 0.726. The second kappa shape index (κ2) is 8.04. The Kier molecular flexibility index (Phi) is 7.01. The third kappa shape index (κ3) is 5.28. The second-order valence-corrected chi connectivity index (χ2v) is 4.91. The molecule has 0 aromatic rings. The van der Waals surface area contributed by atoms with Gasteiger partial charge in [0.2, 0.25) is 0 Å². The van der Waals surface area contributed by atoms with E-state index in [2.05, 4.69) is 31.0 Å². The Balaban J connectivity index is 2.23. The van der Waals surface area contributed by atoms with Crippen molar-refractivity contribution in [3.63, 3.8) is 0 Å². The van der Waals surface area contributed by atoms with Gasteiger partial charge in [0.05, 0.1) is 12.7 Å². The Bertz CT molecular complexity index is 173. The van der Waals surface area contributed by atoms with Crippen LogP contribution in [-0.4, -0.2) is 49.8 Å². The van der Waals surface area contributed by atoms with Crippen molar-refractivity contribution in [2.45, 2.75) is 52.2 Å². The van der Waals surface area contributed by atoms with Crippen LogP contribution in [0.1, 0.15) is 40.0 Å². The summed E-state index contributed by atoms with van der Waals surface area (Å²) in [5.74, 6) is 0. The molecular formula is C13H28N2O. The highest BCUT2D eigenvalue weighted by Gasteiger charge is 2.21. The fourth-order valence-electron chi connectivity index (χ4n) is 2.30. The Morgan fingerprint density at radius 3 is 2.88 bits per heavy atom. The van der Waals surface area contributed by atoms with E-state index in [0.717, 1.165) is 32.3 Å². The summed E-state index contributed by atoms with van der Waals surface area (Å²) in [5.41, 5.74) is 0. The molecule has 0 spiro atoms. The van der Waals surface area contributed by atoms with Crippen molar-refractivity contribution >= 4 is 0 Å². The van der Waals surface area contributed by atoms with Crippen molar-refractivity contribution in [3.05, 3.63) is 0 Å². The van der Waals surface area contributed by atoms with E-state index < -0.39 is 0 Å². The predicted octanol–water partition coefficient (Wildman–Crippen LogP) is 1.88. The Labute approximate surface area is 101 Å². The van der Waals surface area contributed by atoms with E-state index >= 15 is 0 Å². The van der Waals surface area contributed by atoms with Crippen LogP contribution in [0.25, 0.3) is 0 Å². The maximum absolute atomic E-state index is 5.64. The van der Waals surface area contributed by atoms with E-state index in [9.17, 15) is 0 Å². The Morgan fingerprint density at radius 2 is 2.19 bits per heavy atom. The molecule has 3 nitrogen and oxygen atoms in total. The summed E-state index contributed by atoms with van der Waals surface area (Å²) in [7, 11) is 0. The normalized spacial score (nSPS) is 22.9. The van der Waals surface area contributed by atoms with Crippen molar-refractivity contribution in [2.75, 3.05) is 32.8 Å². The molecule has 0 saturated carbocycles. The number of ether oxygens (including phenoxy) is 1. The van der Waals surface area contributed by atoms with Gasteiger partial charge in [0.15, 0.2) is 0 Å². The summed E-state index contributed by atoms with van der Waals surface area (Å²) in [6.45, 7) is 11.8. The average molecular weight is 228 g/mol. The van der Waals surface area contributed by atoms with Gasteiger partial charge in [-0.1, -0.05) is 13.3 Å².